The average Bonchev–Trinajstić information content (AvgIpc) is 3.03. The molecule has 0 radical (unpaired) electrons. The molecular weight excluding hydrogens is 292 g/mol. The van der Waals surface area contributed by atoms with E-state index in [9.17, 15) is 4.79 Å². The van der Waals surface area contributed by atoms with E-state index in [1.807, 2.05) is 48.5 Å². The fourth-order valence-electron chi connectivity index (χ4n) is 2.33. The number of anilines is 2. The minimum Gasteiger partial charge on any atom is -0.324 e. The summed E-state index contributed by atoms with van der Waals surface area (Å²) in [4.78, 5) is 14.9. The van der Waals surface area contributed by atoms with Gasteiger partial charge in [-0.1, -0.05) is 30.3 Å². The van der Waals surface area contributed by atoms with E-state index < -0.39 is 0 Å². The monoisotopic (exact) mass is 304 g/mol. The molecule has 7 nitrogen and oxygen atoms in total. The number of fused-ring (bicyclic) bond motifs is 1. The molecule has 0 amide bonds. The summed E-state index contributed by atoms with van der Waals surface area (Å²) < 4.78 is 0. The van der Waals surface area contributed by atoms with Crippen LogP contribution in [-0.4, -0.2) is 25.4 Å². The van der Waals surface area contributed by atoms with Crippen molar-refractivity contribution in [3.63, 3.8) is 0 Å². The normalized spacial score (nSPS) is 10.8. The second kappa shape index (κ2) is 5.38. The molecule has 0 aliphatic heterocycles. The molecule has 0 atom stereocenters. The Morgan fingerprint density at radius 3 is 2.70 bits per heavy atom. The number of nitrogens with zero attached hydrogens (tertiary/aromatic N) is 3. The summed E-state index contributed by atoms with van der Waals surface area (Å²) in [5.41, 5.74) is 2.40. The van der Waals surface area contributed by atoms with Gasteiger partial charge in [0, 0.05) is 16.6 Å². The minimum absolute atomic E-state index is 0.286. The summed E-state index contributed by atoms with van der Waals surface area (Å²) in [6.45, 7) is 0. The number of hydrogen-bond acceptors (Lipinski definition) is 5. The molecule has 0 bridgehead atoms. The summed E-state index contributed by atoms with van der Waals surface area (Å²) in [5.74, 6) is 0.286. The molecule has 0 saturated carbocycles. The molecule has 0 aliphatic rings. The van der Waals surface area contributed by atoms with Gasteiger partial charge < -0.3 is 5.32 Å². The minimum atomic E-state index is -0.295. The van der Waals surface area contributed by atoms with Crippen LogP contribution in [-0.2, 0) is 0 Å². The van der Waals surface area contributed by atoms with Gasteiger partial charge in [0.05, 0.1) is 11.7 Å². The number of rotatable bonds is 3. The fourth-order valence-corrected chi connectivity index (χ4v) is 2.33. The zero-order chi connectivity index (χ0) is 15.6. The third kappa shape index (κ3) is 2.55. The lowest BCUT2D eigenvalue weighted by Crippen LogP contribution is -2.15. The number of benzene rings is 2. The van der Waals surface area contributed by atoms with E-state index >= 15 is 0 Å². The first kappa shape index (κ1) is 13.2. The number of aromatic nitrogens is 5. The molecule has 0 spiro atoms. The van der Waals surface area contributed by atoms with Gasteiger partial charge in [-0.05, 0) is 18.2 Å². The van der Waals surface area contributed by atoms with Gasteiger partial charge >= 0.3 is 0 Å². The fraction of sp³-hybridized carbons (Fsp3) is 0. The molecule has 4 aromatic rings. The Labute approximate surface area is 130 Å². The SMILES string of the molecule is O=c1[nH]c(Nc2ccc3cn[nH]c3c2)nnc1-c1ccccc1. The largest absolute Gasteiger partial charge is 0.324 e. The van der Waals surface area contributed by atoms with Gasteiger partial charge in [0.15, 0.2) is 5.69 Å². The Bertz CT molecular complexity index is 1020. The molecule has 0 saturated heterocycles. The number of nitrogens with one attached hydrogen (secondary N) is 3. The molecule has 0 aliphatic carbocycles. The smallest absolute Gasteiger partial charge is 0.279 e. The van der Waals surface area contributed by atoms with Crippen molar-refractivity contribution in [2.75, 3.05) is 5.32 Å². The molecule has 112 valence electrons. The van der Waals surface area contributed by atoms with E-state index in [1.54, 1.807) is 6.20 Å². The highest BCUT2D eigenvalue weighted by Gasteiger charge is 2.07. The van der Waals surface area contributed by atoms with Gasteiger partial charge in [0.1, 0.15) is 0 Å². The van der Waals surface area contributed by atoms with Crippen molar-refractivity contribution in [1.29, 1.82) is 0 Å². The van der Waals surface area contributed by atoms with Crippen LogP contribution in [0.5, 0.6) is 0 Å². The Balaban J connectivity index is 1.65. The zero-order valence-corrected chi connectivity index (χ0v) is 11.9. The highest BCUT2D eigenvalue weighted by molar-refractivity contribution is 5.82. The molecule has 7 heteroatoms. The average molecular weight is 304 g/mol. The van der Waals surface area contributed by atoms with Crippen LogP contribution < -0.4 is 10.9 Å². The summed E-state index contributed by atoms with van der Waals surface area (Å²) in [6, 6.07) is 14.9. The van der Waals surface area contributed by atoms with Crippen molar-refractivity contribution in [3.8, 4) is 11.3 Å². The third-order valence-electron chi connectivity index (χ3n) is 3.45. The maximum atomic E-state index is 12.2. The standard InChI is InChI=1S/C16H12N6O/c23-15-14(10-4-2-1-3-5-10)21-22-16(19-15)18-12-7-6-11-9-17-20-13(11)8-12/h1-9H,(H,17,20)(H2,18,19,22,23). The van der Waals surface area contributed by atoms with E-state index in [0.29, 0.717) is 5.69 Å². The summed E-state index contributed by atoms with van der Waals surface area (Å²) in [5, 5.41) is 19.0. The Hall–Kier alpha value is -3.48. The molecule has 2 aromatic carbocycles. The van der Waals surface area contributed by atoms with Gasteiger partial charge in [-0.15, -0.1) is 10.2 Å². The molecular formula is C16H12N6O. The number of hydrogen-bond donors (Lipinski definition) is 3. The highest BCUT2D eigenvalue weighted by atomic mass is 16.1. The van der Waals surface area contributed by atoms with Gasteiger partial charge in [-0.25, -0.2) is 0 Å². The topological polar surface area (TPSA) is 99.3 Å². The number of H-pyrrole nitrogens is 2. The van der Waals surface area contributed by atoms with E-state index in [0.717, 1.165) is 22.2 Å². The Morgan fingerprint density at radius 2 is 1.87 bits per heavy atom. The Morgan fingerprint density at radius 1 is 1.00 bits per heavy atom. The van der Waals surface area contributed by atoms with E-state index in [-0.39, 0.29) is 11.5 Å². The van der Waals surface area contributed by atoms with Crippen LogP contribution >= 0.6 is 0 Å². The maximum Gasteiger partial charge on any atom is 0.279 e. The third-order valence-corrected chi connectivity index (χ3v) is 3.45. The lowest BCUT2D eigenvalue weighted by Gasteiger charge is -2.05. The van der Waals surface area contributed by atoms with Crippen LogP contribution in [0.2, 0.25) is 0 Å². The molecule has 4 rings (SSSR count). The van der Waals surface area contributed by atoms with Crippen molar-refractivity contribution >= 4 is 22.5 Å². The van der Waals surface area contributed by atoms with E-state index in [2.05, 4.69) is 30.7 Å². The summed E-state index contributed by atoms with van der Waals surface area (Å²) in [6.07, 6.45) is 1.75. The van der Waals surface area contributed by atoms with Crippen molar-refractivity contribution in [2.45, 2.75) is 0 Å². The van der Waals surface area contributed by atoms with Gasteiger partial charge in [-0.2, -0.15) is 5.10 Å². The first-order valence-corrected chi connectivity index (χ1v) is 7.02. The summed E-state index contributed by atoms with van der Waals surface area (Å²) >= 11 is 0. The van der Waals surface area contributed by atoms with Gasteiger partial charge in [-0.3, -0.25) is 14.9 Å². The molecule has 23 heavy (non-hydrogen) atoms. The second-order valence-corrected chi connectivity index (χ2v) is 5.01. The van der Waals surface area contributed by atoms with Crippen LogP contribution in [0.1, 0.15) is 0 Å². The van der Waals surface area contributed by atoms with Gasteiger partial charge in [0.2, 0.25) is 5.95 Å². The van der Waals surface area contributed by atoms with Gasteiger partial charge in [0.25, 0.3) is 5.56 Å². The van der Waals surface area contributed by atoms with Crippen LogP contribution in [0.4, 0.5) is 11.6 Å². The zero-order valence-electron chi connectivity index (χ0n) is 11.9. The van der Waals surface area contributed by atoms with Crippen LogP contribution in [0.25, 0.3) is 22.2 Å². The van der Waals surface area contributed by atoms with Crippen molar-refractivity contribution in [2.24, 2.45) is 0 Å². The first-order chi connectivity index (χ1) is 11.3. The maximum absolute atomic E-state index is 12.2. The van der Waals surface area contributed by atoms with Crippen molar-refractivity contribution in [1.82, 2.24) is 25.4 Å². The predicted molar refractivity (Wildman–Crippen MR) is 87.5 cm³/mol. The van der Waals surface area contributed by atoms with Crippen LogP contribution in [0.3, 0.4) is 0 Å². The first-order valence-electron chi connectivity index (χ1n) is 7.02. The molecule has 3 N–H and O–H groups in total. The number of aromatic amines is 2. The molecule has 0 unspecified atom stereocenters. The quantitative estimate of drug-likeness (QED) is 0.540. The molecule has 0 fully saturated rings. The summed E-state index contributed by atoms with van der Waals surface area (Å²) in [7, 11) is 0. The highest BCUT2D eigenvalue weighted by Crippen LogP contribution is 2.19. The van der Waals surface area contributed by atoms with E-state index in [1.165, 1.54) is 0 Å². The van der Waals surface area contributed by atoms with E-state index in [4.69, 9.17) is 0 Å². The lowest BCUT2D eigenvalue weighted by molar-refractivity contribution is 0.962. The van der Waals surface area contributed by atoms with Crippen LogP contribution in [0.15, 0.2) is 59.5 Å². The van der Waals surface area contributed by atoms with Crippen LogP contribution in [0, 0.1) is 0 Å². The van der Waals surface area contributed by atoms with Crippen molar-refractivity contribution < 1.29 is 0 Å². The lowest BCUT2D eigenvalue weighted by atomic mass is 10.2. The second-order valence-electron chi connectivity index (χ2n) is 5.01. The molecule has 2 aromatic heterocycles. The predicted octanol–water partition coefficient (Wildman–Crippen LogP) is 2.45. The van der Waals surface area contributed by atoms with Crippen molar-refractivity contribution in [3.05, 3.63) is 65.1 Å². The Kier molecular flexibility index (Phi) is 3.09. The molecule has 2 heterocycles.